The lowest BCUT2D eigenvalue weighted by Crippen LogP contribution is -2.61. The maximum Gasteiger partial charge on any atom is 0.264 e. The third kappa shape index (κ3) is 5.97. The maximum absolute atomic E-state index is 2.83. The van der Waals surface area contributed by atoms with E-state index in [1.54, 1.807) is 27.1 Å². The number of hydrogen-bond acceptors (Lipinski definition) is 3. The Hall–Kier alpha value is -4.84. The molecule has 0 unspecified atom stereocenters. The highest BCUT2D eigenvalue weighted by atomic mass is 32.1. The summed E-state index contributed by atoms with van der Waals surface area (Å²) in [6.45, 7) is 37.6. The van der Waals surface area contributed by atoms with Gasteiger partial charge in [0.15, 0.2) is 0 Å². The predicted molar refractivity (Wildman–Crippen MR) is 309 cm³/mol. The topological polar surface area (TPSA) is 6.48 Å². The standard InChI is InChI=1S/C65H73BN2SSi/c1-38-31-52-56-53(32-38)68(50-21-18-20-41-40-19-16-17-22-55(40)70(14,15)58(41)50)57-42-34-45-48(65(12,13)30-27-62(45,6)7)37-54(42)69-59(57)66(56)49-35-46-47(64(10,11)29-28-63(46,8)9)36-51(49)67(52)39-23-24-43-44(33-39)61(4,5)26-25-60(43,2)3/h16-24,31-37H,25-30H2,1-15H3. The molecule has 0 radical (unpaired) electrons. The van der Waals surface area contributed by atoms with Gasteiger partial charge in [-0.05, 0) is 198 Å². The number of benzene rings is 6. The second-order valence-corrected chi connectivity index (χ2v) is 32.8. The number of anilines is 6. The van der Waals surface area contributed by atoms with Crippen LogP contribution in [-0.2, 0) is 32.5 Å². The van der Waals surface area contributed by atoms with E-state index in [0.29, 0.717) is 0 Å². The van der Waals surface area contributed by atoms with E-state index < -0.39 is 8.07 Å². The van der Waals surface area contributed by atoms with Crippen LogP contribution in [0.2, 0.25) is 13.1 Å². The van der Waals surface area contributed by atoms with Gasteiger partial charge in [0, 0.05) is 43.3 Å². The highest BCUT2D eigenvalue weighted by Gasteiger charge is 2.51. The summed E-state index contributed by atoms with van der Waals surface area (Å²) in [7, 11) is -2.16. The largest absolute Gasteiger partial charge is 0.311 e. The van der Waals surface area contributed by atoms with E-state index in [9.17, 15) is 0 Å². The molecule has 0 N–H and O–H groups in total. The molecule has 70 heavy (non-hydrogen) atoms. The van der Waals surface area contributed by atoms with Gasteiger partial charge >= 0.3 is 0 Å². The lowest BCUT2D eigenvalue weighted by molar-refractivity contribution is 0.332. The van der Waals surface area contributed by atoms with E-state index in [2.05, 4.69) is 221 Å². The average molecular weight is 953 g/mol. The highest BCUT2D eigenvalue weighted by Crippen LogP contribution is 2.56. The molecule has 0 spiro atoms. The Kier molecular flexibility index (Phi) is 9.02. The van der Waals surface area contributed by atoms with Crippen molar-refractivity contribution < 1.29 is 0 Å². The summed E-state index contributed by atoms with van der Waals surface area (Å²) in [6, 6.07) is 40.2. The molecule has 4 heterocycles. The van der Waals surface area contributed by atoms with Crippen molar-refractivity contribution in [1.29, 1.82) is 0 Å². The fourth-order valence-corrected chi connectivity index (χ4v) is 19.7. The first-order valence-electron chi connectivity index (χ1n) is 26.8. The molecule has 0 saturated heterocycles. The van der Waals surface area contributed by atoms with Gasteiger partial charge in [0.1, 0.15) is 8.07 Å². The molecule has 13 rings (SSSR count). The second kappa shape index (κ2) is 14.0. The van der Waals surface area contributed by atoms with Crippen LogP contribution >= 0.6 is 11.3 Å². The number of hydrogen-bond donors (Lipinski definition) is 0. The summed E-state index contributed by atoms with van der Waals surface area (Å²) in [5.41, 5.74) is 25.0. The lowest BCUT2D eigenvalue weighted by atomic mass is 9.35. The second-order valence-electron chi connectivity index (χ2n) is 27.4. The van der Waals surface area contributed by atoms with Gasteiger partial charge in [-0.1, -0.05) is 145 Å². The number of fused-ring (bicyclic) bond motifs is 12. The fourth-order valence-electron chi connectivity index (χ4n) is 15.0. The van der Waals surface area contributed by atoms with Crippen LogP contribution in [0, 0.1) is 6.92 Å². The summed E-state index contributed by atoms with van der Waals surface area (Å²) in [5.74, 6) is 0. The van der Waals surface area contributed by atoms with E-state index in [4.69, 9.17) is 0 Å². The zero-order valence-electron chi connectivity index (χ0n) is 44.9. The predicted octanol–water partition coefficient (Wildman–Crippen LogP) is 15.1. The molecular formula is C65H73BN2SSi. The molecule has 0 amide bonds. The van der Waals surface area contributed by atoms with Gasteiger partial charge in [-0.2, -0.15) is 0 Å². The van der Waals surface area contributed by atoms with Gasteiger partial charge in [-0.25, -0.2) is 0 Å². The van der Waals surface area contributed by atoms with Crippen molar-refractivity contribution in [1.82, 2.24) is 0 Å². The van der Waals surface area contributed by atoms with Gasteiger partial charge in [0.2, 0.25) is 0 Å². The normalized spacial score (nSPS) is 21.4. The summed E-state index contributed by atoms with van der Waals surface area (Å²) in [4.78, 5) is 5.58. The Balaban J connectivity index is 1.18. The Morgan fingerprint density at radius 2 is 1.01 bits per heavy atom. The van der Waals surface area contributed by atoms with Crippen molar-refractivity contribution in [2.45, 2.75) is 174 Å². The van der Waals surface area contributed by atoms with Crippen LogP contribution in [0.25, 0.3) is 21.2 Å². The van der Waals surface area contributed by atoms with Crippen molar-refractivity contribution in [2.24, 2.45) is 0 Å². The molecule has 1 aromatic heterocycles. The average Bonchev–Trinajstić information content (AvgIpc) is 3.79. The fraction of sp³-hybridized carbons (Fsp3) is 0.415. The number of nitrogens with zero attached hydrogens (tertiary/aromatic N) is 2. The minimum absolute atomic E-state index is 0.0677. The monoisotopic (exact) mass is 953 g/mol. The SMILES string of the molecule is Cc1cc2c3c(c1)N(c1cccc4c1[Si](C)(C)c1ccccc1-4)c1c(sc4cc5c(cc14)C(C)(C)CCC5(C)C)B3c1cc3c(cc1N2c1ccc2c(c1)C(C)(C)CCC2(C)C)C(C)(C)CCC3(C)C. The third-order valence-corrected chi connectivity index (χ3v) is 24.4. The molecule has 6 aromatic carbocycles. The summed E-state index contributed by atoms with van der Waals surface area (Å²) in [5, 5.41) is 4.55. The molecule has 0 atom stereocenters. The quantitative estimate of drug-likeness (QED) is 0.159. The lowest BCUT2D eigenvalue weighted by Gasteiger charge is -2.48. The van der Waals surface area contributed by atoms with Gasteiger partial charge in [-0.15, -0.1) is 11.3 Å². The van der Waals surface area contributed by atoms with Crippen molar-refractivity contribution >= 4 is 96.4 Å². The molecular weight excluding hydrogens is 880 g/mol. The Labute approximate surface area is 425 Å². The number of aryl methyl sites for hydroxylation is 1. The minimum atomic E-state index is -2.16. The first kappa shape index (κ1) is 45.1. The van der Waals surface area contributed by atoms with Crippen LogP contribution in [0.1, 0.15) is 161 Å². The number of thiophene rings is 1. The van der Waals surface area contributed by atoms with Gasteiger partial charge in [-0.3, -0.25) is 0 Å². The van der Waals surface area contributed by atoms with Gasteiger partial charge < -0.3 is 9.80 Å². The van der Waals surface area contributed by atoms with Crippen LogP contribution in [-0.4, -0.2) is 14.8 Å². The van der Waals surface area contributed by atoms with Crippen LogP contribution in [0.5, 0.6) is 0 Å². The van der Waals surface area contributed by atoms with E-state index >= 15 is 0 Å². The van der Waals surface area contributed by atoms with Crippen molar-refractivity contribution in [3.63, 3.8) is 0 Å². The van der Waals surface area contributed by atoms with E-state index in [-0.39, 0.29) is 39.2 Å². The Morgan fingerprint density at radius 1 is 0.486 bits per heavy atom. The minimum Gasteiger partial charge on any atom is -0.311 e. The Bertz CT molecular complexity index is 3470. The summed E-state index contributed by atoms with van der Waals surface area (Å²) in [6.07, 6.45) is 7.19. The molecule has 3 aliphatic carbocycles. The zero-order valence-corrected chi connectivity index (χ0v) is 46.7. The molecule has 5 heteroatoms. The van der Waals surface area contributed by atoms with Crippen molar-refractivity contribution in [2.75, 3.05) is 9.80 Å². The van der Waals surface area contributed by atoms with Crippen LogP contribution in [0.15, 0.2) is 97.1 Å². The number of rotatable bonds is 2. The first-order valence-corrected chi connectivity index (χ1v) is 30.6. The summed E-state index contributed by atoms with van der Waals surface area (Å²) >= 11 is 2.10. The van der Waals surface area contributed by atoms with E-state index in [1.165, 1.54) is 132 Å². The molecule has 356 valence electrons. The maximum atomic E-state index is 2.83. The zero-order chi connectivity index (χ0) is 49.2. The highest BCUT2D eigenvalue weighted by molar-refractivity contribution is 7.33. The first-order chi connectivity index (χ1) is 32.8. The van der Waals surface area contributed by atoms with Gasteiger partial charge in [0.05, 0.1) is 5.69 Å². The summed E-state index contributed by atoms with van der Waals surface area (Å²) < 4.78 is 2.93. The molecule has 6 aliphatic rings. The van der Waals surface area contributed by atoms with Crippen LogP contribution in [0.4, 0.5) is 34.1 Å². The van der Waals surface area contributed by atoms with Crippen LogP contribution < -0.4 is 35.9 Å². The Morgan fingerprint density at radius 3 is 1.66 bits per heavy atom. The van der Waals surface area contributed by atoms with E-state index in [0.717, 1.165) is 0 Å². The van der Waals surface area contributed by atoms with Gasteiger partial charge in [0.25, 0.3) is 6.71 Å². The van der Waals surface area contributed by atoms with Crippen molar-refractivity contribution in [3.05, 3.63) is 136 Å². The molecule has 0 bridgehead atoms. The molecule has 7 aromatic rings. The smallest absolute Gasteiger partial charge is 0.264 e. The molecule has 0 saturated carbocycles. The molecule has 3 aliphatic heterocycles. The third-order valence-electron chi connectivity index (χ3n) is 19.6. The molecule has 2 nitrogen and oxygen atoms in total. The van der Waals surface area contributed by atoms with Crippen molar-refractivity contribution in [3.8, 4) is 11.1 Å². The van der Waals surface area contributed by atoms with Crippen LogP contribution in [0.3, 0.4) is 0 Å². The van der Waals surface area contributed by atoms with E-state index in [1.807, 2.05) is 0 Å². The molecule has 0 fully saturated rings.